The molecule has 4 rings (SSSR count). The fraction of sp³-hybridized carbons (Fsp3) is 0.458. The molecule has 9 heteroatoms. The molecule has 8 nitrogen and oxygen atoms in total. The van der Waals surface area contributed by atoms with Crippen molar-refractivity contribution in [1.29, 1.82) is 0 Å². The molecule has 1 aliphatic carbocycles. The van der Waals surface area contributed by atoms with Crippen LogP contribution in [-0.2, 0) is 10.0 Å². The van der Waals surface area contributed by atoms with Gasteiger partial charge in [0.25, 0.3) is 0 Å². The first-order chi connectivity index (χ1) is 15.7. The summed E-state index contributed by atoms with van der Waals surface area (Å²) in [4.78, 5) is 0. The summed E-state index contributed by atoms with van der Waals surface area (Å²) in [6.45, 7) is 6.08. The molecule has 1 fully saturated rings. The van der Waals surface area contributed by atoms with Gasteiger partial charge in [-0.2, -0.15) is 4.68 Å². The molecule has 0 bridgehead atoms. The summed E-state index contributed by atoms with van der Waals surface area (Å²) in [5.41, 5.74) is 2.91. The number of sulfonamides is 1. The Morgan fingerprint density at radius 2 is 1.64 bits per heavy atom. The van der Waals surface area contributed by atoms with Gasteiger partial charge in [0.15, 0.2) is 5.82 Å². The minimum atomic E-state index is -3.30. The first-order valence-corrected chi connectivity index (χ1v) is 12.9. The highest BCUT2D eigenvalue weighted by atomic mass is 32.2. The van der Waals surface area contributed by atoms with Crippen molar-refractivity contribution in [2.45, 2.75) is 57.2 Å². The minimum absolute atomic E-state index is 0.0420. The van der Waals surface area contributed by atoms with Crippen LogP contribution in [0.2, 0.25) is 0 Å². The highest BCUT2D eigenvalue weighted by Gasteiger charge is 2.32. The summed E-state index contributed by atoms with van der Waals surface area (Å²) in [6.07, 6.45) is 3.77. The van der Waals surface area contributed by atoms with E-state index in [9.17, 15) is 8.42 Å². The summed E-state index contributed by atoms with van der Waals surface area (Å²) in [5.74, 6) is 1.23. The second kappa shape index (κ2) is 9.61. The van der Waals surface area contributed by atoms with Crippen molar-refractivity contribution in [1.82, 2.24) is 24.9 Å². The Balaban J connectivity index is 1.30. The Labute approximate surface area is 195 Å². The van der Waals surface area contributed by atoms with Crippen molar-refractivity contribution in [2.24, 2.45) is 5.92 Å². The summed E-state index contributed by atoms with van der Waals surface area (Å²) in [7, 11) is -3.30. The molecule has 0 saturated heterocycles. The third kappa shape index (κ3) is 5.59. The lowest BCUT2D eigenvalue weighted by molar-refractivity contribution is 0.322. The van der Waals surface area contributed by atoms with Gasteiger partial charge in [0.1, 0.15) is 0 Å². The SMILES string of the molecule is CC(C)(C)S(=O)(=O)N[C@H]1CC[C@H](CNc2ccc(-c3nnnn3-c3ccccc3)cc2)CC1. The summed E-state index contributed by atoms with van der Waals surface area (Å²) in [5, 5.41) is 15.7. The monoisotopic (exact) mass is 468 g/mol. The predicted octanol–water partition coefficient (Wildman–Crippen LogP) is 4.02. The van der Waals surface area contributed by atoms with E-state index in [0.29, 0.717) is 11.7 Å². The van der Waals surface area contributed by atoms with Crippen LogP contribution in [0.4, 0.5) is 5.69 Å². The topological polar surface area (TPSA) is 102 Å². The average molecular weight is 469 g/mol. The summed E-state index contributed by atoms with van der Waals surface area (Å²) >= 11 is 0. The molecule has 0 radical (unpaired) electrons. The number of aromatic nitrogens is 4. The predicted molar refractivity (Wildman–Crippen MR) is 131 cm³/mol. The van der Waals surface area contributed by atoms with Crippen LogP contribution in [0.25, 0.3) is 17.1 Å². The first-order valence-electron chi connectivity index (χ1n) is 11.4. The number of para-hydroxylation sites is 1. The minimum Gasteiger partial charge on any atom is -0.385 e. The van der Waals surface area contributed by atoms with Crippen LogP contribution >= 0.6 is 0 Å². The Kier molecular flexibility index (Phi) is 6.81. The molecule has 0 spiro atoms. The van der Waals surface area contributed by atoms with Gasteiger partial charge < -0.3 is 5.32 Å². The Morgan fingerprint density at radius 1 is 0.970 bits per heavy atom. The quantitative estimate of drug-likeness (QED) is 0.543. The van der Waals surface area contributed by atoms with Crippen molar-refractivity contribution in [3.05, 3.63) is 54.6 Å². The number of hydrogen-bond donors (Lipinski definition) is 2. The lowest BCUT2D eigenvalue weighted by atomic mass is 9.86. The van der Waals surface area contributed by atoms with E-state index in [4.69, 9.17) is 0 Å². The zero-order valence-corrected chi connectivity index (χ0v) is 20.2. The maximum absolute atomic E-state index is 12.4. The van der Waals surface area contributed by atoms with Gasteiger partial charge in [0, 0.05) is 23.8 Å². The van der Waals surface area contributed by atoms with Gasteiger partial charge in [-0.1, -0.05) is 18.2 Å². The molecule has 1 heterocycles. The molecule has 0 unspecified atom stereocenters. The number of benzene rings is 2. The molecule has 0 aliphatic heterocycles. The van der Waals surface area contributed by atoms with E-state index in [1.54, 1.807) is 25.5 Å². The molecular formula is C24H32N6O2S. The van der Waals surface area contributed by atoms with Crippen molar-refractivity contribution in [2.75, 3.05) is 11.9 Å². The number of hydrogen-bond acceptors (Lipinski definition) is 6. The zero-order valence-electron chi connectivity index (χ0n) is 19.4. The molecule has 1 aliphatic rings. The second-order valence-electron chi connectivity index (χ2n) is 9.66. The highest BCUT2D eigenvalue weighted by Crippen LogP contribution is 2.27. The van der Waals surface area contributed by atoms with Gasteiger partial charge in [0.2, 0.25) is 10.0 Å². The van der Waals surface area contributed by atoms with Gasteiger partial charge >= 0.3 is 0 Å². The van der Waals surface area contributed by atoms with Crippen LogP contribution in [0, 0.1) is 5.92 Å². The Morgan fingerprint density at radius 3 is 2.27 bits per heavy atom. The van der Waals surface area contributed by atoms with Crippen molar-refractivity contribution in [3.8, 4) is 17.1 Å². The largest absolute Gasteiger partial charge is 0.385 e. The van der Waals surface area contributed by atoms with Crippen LogP contribution in [0.5, 0.6) is 0 Å². The lowest BCUT2D eigenvalue weighted by Gasteiger charge is -2.31. The molecule has 0 amide bonds. The molecular weight excluding hydrogens is 436 g/mol. The molecule has 1 aromatic heterocycles. The van der Waals surface area contributed by atoms with Crippen molar-refractivity contribution in [3.63, 3.8) is 0 Å². The number of nitrogens with zero attached hydrogens (tertiary/aromatic N) is 4. The summed E-state index contributed by atoms with van der Waals surface area (Å²) in [6, 6.07) is 18.0. The van der Waals surface area contributed by atoms with Crippen molar-refractivity contribution >= 4 is 15.7 Å². The van der Waals surface area contributed by atoms with E-state index in [-0.39, 0.29) is 6.04 Å². The highest BCUT2D eigenvalue weighted by molar-refractivity contribution is 7.90. The number of tetrazole rings is 1. The molecule has 1 saturated carbocycles. The number of anilines is 1. The number of nitrogens with one attached hydrogen (secondary N) is 2. The van der Waals surface area contributed by atoms with E-state index >= 15 is 0 Å². The van der Waals surface area contributed by atoms with Gasteiger partial charge in [-0.05, 0) is 99.2 Å². The molecule has 2 N–H and O–H groups in total. The normalized spacial score (nSPS) is 19.4. The molecule has 2 aromatic carbocycles. The maximum Gasteiger partial charge on any atom is 0.216 e. The van der Waals surface area contributed by atoms with Crippen molar-refractivity contribution < 1.29 is 8.42 Å². The van der Waals surface area contributed by atoms with Gasteiger partial charge in [-0.25, -0.2) is 13.1 Å². The van der Waals surface area contributed by atoms with E-state index < -0.39 is 14.8 Å². The van der Waals surface area contributed by atoms with Gasteiger partial charge in [-0.3, -0.25) is 0 Å². The molecule has 0 atom stereocenters. The van der Waals surface area contributed by atoms with Crippen LogP contribution in [0.1, 0.15) is 46.5 Å². The Bertz CT molecular complexity index is 1150. The smallest absolute Gasteiger partial charge is 0.216 e. The van der Waals surface area contributed by atoms with E-state index in [0.717, 1.165) is 49.2 Å². The fourth-order valence-corrected chi connectivity index (χ4v) is 5.02. The molecule has 33 heavy (non-hydrogen) atoms. The van der Waals surface area contributed by atoms with E-state index in [1.807, 2.05) is 54.6 Å². The lowest BCUT2D eigenvalue weighted by Crippen LogP contribution is -2.46. The van der Waals surface area contributed by atoms with Crippen LogP contribution < -0.4 is 10.0 Å². The zero-order chi connectivity index (χ0) is 23.5. The van der Waals surface area contributed by atoms with Crippen LogP contribution in [-0.4, -0.2) is 46.0 Å². The van der Waals surface area contributed by atoms with Gasteiger partial charge in [-0.15, -0.1) is 5.10 Å². The third-order valence-electron chi connectivity index (χ3n) is 6.18. The fourth-order valence-electron chi connectivity index (χ4n) is 3.99. The maximum atomic E-state index is 12.4. The Hall–Kier alpha value is -2.78. The molecule has 176 valence electrons. The van der Waals surface area contributed by atoms with E-state index in [1.165, 1.54) is 0 Å². The third-order valence-corrected chi connectivity index (χ3v) is 8.44. The van der Waals surface area contributed by atoms with Gasteiger partial charge in [0.05, 0.1) is 10.4 Å². The van der Waals surface area contributed by atoms with Crippen LogP contribution in [0.3, 0.4) is 0 Å². The first kappa shape index (κ1) is 23.4. The van der Waals surface area contributed by atoms with Crippen LogP contribution in [0.15, 0.2) is 54.6 Å². The second-order valence-corrected chi connectivity index (χ2v) is 12.1. The number of rotatable bonds is 7. The standard InChI is InChI=1S/C24H32N6O2S/c1-24(2,3)33(31,32)27-21-13-9-18(10-14-21)17-25-20-15-11-19(12-16-20)23-26-28-29-30(23)22-7-5-4-6-8-22/h4-8,11-12,15-16,18,21,25,27H,9-10,13-14,17H2,1-3H3/t18-,21-. The molecule has 3 aromatic rings. The average Bonchev–Trinajstić information content (AvgIpc) is 3.29. The van der Waals surface area contributed by atoms with E-state index in [2.05, 4.69) is 25.6 Å². The summed E-state index contributed by atoms with van der Waals surface area (Å²) < 4.78 is 28.6.